The molecule has 1 rings (SSSR count). The third kappa shape index (κ3) is 2.37. The molecule has 0 saturated heterocycles. The van der Waals surface area contributed by atoms with Gasteiger partial charge in [0.15, 0.2) is 11.5 Å². The number of benzene rings is 1. The molecule has 0 fully saturated rings. The monoisotopic (exact) mass is 201 g/mol. The summed E-state index contributed by atoms with van der Waals surface area (Å²) >= 11 is 0. The van der Waals surface area contributed by atoms with Crippen molar-refractivity contribution in [2.45, 2.75) is 12.4 Å². The Hall–Kier alpha value is -1.75. The van der Waals surface area contributed by atoms with Gasteiger partial charge in [-0.1, -0.05) is 6.04 Å². The Labute approximate surface area is 86.0 Å². The van der Waals surface area contributed by atoms with E-state index in [0.717, 1.165) is 0 Å². The number of rotatable bonds is 3. The first kappa shape index (κ1) is 5.87. The van der Waals surface area contributed by atoms with Crippen molar-refractivity contribution in [3.8, 4) is 11.5 Å². The third-order valence-corrected chi connectivity index (χ3v) is 1.47. The Morgan fingerprint density at radius 3 is 2.79 bits per heavy atom. The van der Waals surface area contributed by atoms with Crippen LogP contribution in [0.1, 0.15) is 11.0 Å². The van der Waals surface area contributed by atoms with E-state index in [9.17, 15) is 15.0 Å². The van der Waals surface area contributed by atoms with Crippen molar-refractivity contribution >= 4 is 5.97 Å². The van der Waals surface area contributed by atoms with Gasteiger partial charge in [0.25, 0.3) is 0 Å². The molecule has 0 amide bonds. The van der Waals surface area contributed by atoms with E-state index in [4.69, 9.17) is 16.3 Å². The van der Waals surface area contributed by atoms with Crippen LogP contribution in [-0.4, -0.2) is 27.3 Å². The van der Waals surface area contributed by atoms with Crippen LogP contribution in [0.4, 0.5) is 0 Å². The molecule has 0 unspecified atom stereocenters. The van der Waals surface area contributed by atoms with E-state index in [-0.39, 0.29) is 5.56 Å². The highest BCUT2D eigenvalue weighted by Gasteiger charge is 2.12. The lowest BCUT2D eigenvalue weighted by atomic mass is 10.1. The fraction of sp³-hybridized carbons (Fsp3) is 0.222. The van der Waals surface area contributed by atoms with Crippen molar-refractivity contribution in [1.29, 1.82) is 0 Å². The van der Waals surface area contributed by atoms with E-state index < -0.39 is 48.0 Å². The van der Waals surface area contributed by atoms with E-state index in [1.54, 1.807) is 0 Å². The van der Waals surface area contributed by atoms with Gasteiger partial charge in [-0.25, -0.2) is 0 Å². The van der Waals surface area contributed by atoms with Gasteiger partial charge in [0.1, 0.15) is 6.02 Å². The molecule has 1 atom stereocenters. The molecule has 0 heterocycles. The molecule has 0 aliphatic carbocycles. The third-order valence-electron chi connectivity index (χ3n) is 1.47. The summed E-state index contributed by atoms with van der Waals surface area (Å²) in [6.07, 6.45) is -0.736. The predicted molar refractivity (Wildman–Crippen MR) is 49.1 cm³/mol. The quantitative estimate of drug-likeness (QED) is 0.517. The molecule has 0 spiro atoms. The van der Waals surface area contributed by atoms with Crippen LogP contribution in [0.2, 0.25) is 0 Å². The summed E-state index contributed by atoms with van der Waals surface area (Å²) in [5.74, 6) is -3.54. The Morgan fingerprint density at radius 2 is 2.21 bits per heavy atom. The molecule has 5 heteroatoms. The highest BCUT2D eigenvalue weighted by molar-refractivity contribution is 5.73. The average molecular weight is 201 g/mol. The number of hydrogen-bond donors (Lipinski definition) is 4. The number of phenols is 2. The van der Waals surface area contributed by atoms with Crippen LogP contribution in [0.15, 0.2) is 18.1 Å². The minimum atomic E-state index is -2.48. The second kappa shape index (κ2) is 3.97. The molecule has 1 aromatic carbocycles. The lowest BCUT2D eigenvalue weighted by molar-refractivity contribution is -0.138. The van der Waals surface area contributed by atoms with Gasteiger partial charge in [-0.2, -0.15) is 0 Å². The zero-order valence-corrected chi connectivity index (χ0v) is 7.03. The molecule has 5 N–H and O–H groups in total. The maximum absolute atomic E-state index is 10.7. The molecule has 0 aliphatic rings. The number of carbonyl (C=O) groups is 1. The first-order valence-electron chi connectivity index (χ1n) is 5.62. The molecular weight excluding hydrogens is 186 g/mol. The topological polar surface area (TPSA) is 104 Å². The summed E-state index contributed by atoms with van der Waals surface area (Å²) in [5.41, 5.74) is 4.78. The fourth-order valence-corrected chi connectivity index (χ4v) is 0.782. The van der Waals surface area contributed by atoms with Crippen LogP contribution in [0.3, 0.4) is 0 Å². The second-order valence-electron chi connectivity index (χ2n) is 2.56. The summed E-state index contributed by atoms with van der Waals surface area (Å²) in [6.45, 7) is 0. The first-order valence-corrected chi connectivity index (χ1v) is 3.62. The van der Waals surface area contributed by atoms with Crippen LogP contribution < -0.4 is 5.73 Å². The zero-order chi connectivity index (χ0) is 14.2. The standard InChI is InChI=1S/C9H11NO4/c10-6(9(13)14)3-5-1-2-7(11)8(12)4-5/h1-2,4,6,11-12H,3,10H2,(H,13,14)/t6-/m0/s1/i1D,2D,4D,6D. The molecule has 0 radical (unpaired) electrons. The minimum Gasteiger partial charge on any atom is -0.504 e. The van der Waals surface area contributed by atoms with E-state index in [2.05, 4.69) is 0 Å². The summed E-state index contributed by atoms with van der Waals surface area (Å²) in [7, 11) is 0. The first-order chi connectivity index (χ1) is 8.09. The predicted octanol–water partition coefficient (Wildman–Crippen LogP) is 0.0522. The molecule has 0 saturated carbocycles. The maximum atomic E-state index is 10.7. The Balaban J connectivity index is 3.39. The number of phenolic OH excluding ortho intramolecular Hbond substituents is 2. The van der Waals surface area contributed by atoms with Crippen LogP contribution in [0.5, 0.6) is 11.5 Å². The van der Waals surface area contributed by atoms with E-state index in [1.807, 2.05) is 0 Å². The molecular formula is C9H11NO4. The van der Waals surface area contributed by atoms with Gasteiger partial charge in [-0.05, 0) is 24.1 Å². The van der Waals surface area contributed by atoms with Crippen molar-refractivity contribution in [3.63, 3.8) is 0 Å². The molecule has 1 aromatic rings. The van der Waals surface area contributed by atoms with Gasteiger partial charge >= 0.3 is 5.97 Å². The Bertz CT molecular complexity index is 489. The van der Waals surface area contributed by atoms with Gasteiger partial charge in [-0.3, -0.25) is 4.79 Å². The molecule has 0 aliphatic heterocycles. The lowest BCUT2D eigenvalue weighted by Gasteiger charge is -2.06. The Kier molecular flexibility index (Phi) is 1.67. The number of hydrogen-bond acceptors (Lipinski definition) is 4. The number of carboxylic acids is 1. The summed E-state index contributed by atoms with van der Waals surface area (Å²) in [6, 6.07) is -4.59. The van der Waals surface area contributed by atoms with Crippen molar-refractivity contribution in [3.05, 3.63) is 23.7 Å². The summed E-state index contributed by atoms with van der Waals surface area (Å²) < 4.78 is 29.6. The lowest BCUT2D eigenvalue weighted by Crippen LogP contribution is -2.32. The second-order valence-corrected chi connectivity index (χ2v) is 2.56. The molecule has 0 bridgehead atoms. The van der Waals surface area contributed by atoms with Gasteiger partial charge in [-0.15, -0.1) is 0 Å². The number of carboxylic acid groups (broad SMARTS) is 1. The summed E-state index contributed by atoms with van der Waals surface area (Å²) in [5, 5.41) is 27.2. The SMILES string of the molecule is [2H]c1c([2H])c(C[C@]([2H])(N)C(=O)O)c([2H])c(O)c1O. The van der Waals surface area contributed by atoms with Gasteiger partial charge in [0.05, 0.1) is 5.48 Å². The number of aliphatic carboxylic acids is 1. The van der Waals surface area contributed by atoms with Gasteiger partial charge in [0.2, 0.25) is 0 Å². The van der Waals surface area contributed by atoms with Crippen molar-refractivity contribution in [1.82, 2.24) is 0 Å². The minimum absolute atomic E-state index is 0.379. The Morgan fingerprint density at radius 1 is 1.57 bits per heavy atom. The highest BCUT2D eigenvalue weighted by Crippen LogP contribution is 2.25. The zero-order valence-electron chi connectivity index (χ0n) is 11.0. The van der Waals surface area contributed by atoms with E-state index >= 15 is 0 Å². The summed E-state index contributed by atoms with van der Waals surface area (Å²) in [4.78, 5) is 10.7. The van der Waals surface area contributed by atoms with Crippen molar-refractivity contribution < 1.29 is 25.6 Å². The van der Waals surface area contributed by atoms with Crippen molar-refractivity contribution in [2.75, 3.05) is 0 Å². The van der Waals surface area contributed by atoms with Crippen molar-refractivity contribution in [2.24, 2.45) is 5.73 Å². The maximum Gasteiger partial charge on any atom is 0.320 e. The van der Waals surface area contributed by atoms with Crippen LogP contribution in [0, 0.1) is 0 Å². The molecule has 14 heavy (non-hydrogen) atoms. The smallest absolute Gasteiger partial charge is 0.320 e. The molecule has 0 aromatic heterocycles. The van der Waals surface area contributed by atoms with Gasteiger partial charge in [0, 0.05) is 0 Å². The van der Waals surface area contributed by atoms with E-state index in [1.165, 1.54) is 0 Å². The van der Waals surface area contributed by atoms with E-state index in [0.29, 0.717) is 0 Å². The number of nitrogens with two attached hydrogens (primary N) is 1. The molecule has 76 valence electrons. The molecule has 5 nitrogen and oxygen atoms in total. The van der Waals surface area contributed by atoms with Crippen LogP contribution in [0.25, 0.3) is 0 Å². The largest absolute Gasteiger partial charge is 0.504 e. The normalized spacial score (nSPS) is 18.6. The van der Waals surface area contributed by atoms with Crippen LogP contribution in [-0.2, 0) is 11.2 Å². The fourth-order valence-electron chi connectivity index (χ4n) is 0.782. The number of aromatic hydroxyl groups is 2. The average Bonchev–Trinajstić information content (AvgIpc) is 2.29. The van der Waals surface area contributed by atoms with Gasteiger partial charge < -0.3 is 21.1 Å². The highest BCUT2D eigenvalue weighted by atomic mass is 16.4. The van der Waals surface area contributed by atoms with Crippen LogP contribution >= 0.6 is 0 Å².